The molecule has 1 heterocycles. The zero-order chi connectivity index (χ0) is 18.0. The fourth-order valence-electron chi connectivity index (χ4n) is 2.90. The number of rotatable bonds is 3. The smallest absolute Gasteiger partial charge is 0.376 e. The summed E-state index contributed by atoms with van der Waals surface area (Å²) in [6.45, 7) is 0.834. The summed E-state index contributed by atoms with van der Waals surface area (Å²) in [7, 11) is 0. The third-order valence-corrected chi connectivity index (χ3v) is 4.44. The monoisotopic (exact) mass is 368 g/mol. The summed E-state index contributed by atoms with van der Waals surface area (Å²) in [6.07, 6.45) is -3.79. The van der Waals surface area contributed by atoms with E-state index in [0.29, 0.717) is 13.1 Å². The maximum absolute atomic E-state index is 13.1. The lowest BCUT2D eigenvalue weighted by Gasteiger charge is -2.29. The number of nitrogens with one attached hydrogen (secondary N) is 1. The Morgan fingerprint density at radius 1 is 1.16 bits per heavy atom. The van der Waals surface area contributed by atoms with Crippen molar-refractivity contribution < 1.29 is 18.0 Å². The van der Waals surface area contributed by atoms with Crippen LogP contribution in [0.2, 0.25) is 5.02 Å². The van der Waals surface area contributed by atoms with Crippen LogP contribution < -0.4 is 5.32 Å². The van der Waals surface area contributed by atoms with Crippen LogP contribution in [0.25, 0.3) is 0 Å². The van der Waals surface area contributed by atoms with Crippen LogP contribution in [-0.2, 0) is 23.9 Å². The summed E-state index contributed by atoms with van der Waals surface area (Å²) in [5, 5.41) is 2.60. The van der Waals surface area contributed by atoms with Crippen molar-refractivity contribution in [2.75, 3.05) is 18.4 Å². The second-order valence-electron chi connectivity index (χ2n) is 5.88. The molecule has 7 heteroatoms. The normalized spacial score (nSPS) is 14.2. The molecule has 25 heavy (non-hydrogen) atoms. The van der Waals surface area contributed by atoms with Crippen molar-refractivity contribution in [3.8, 4) is 0 Å². The topological polar surface area (TPSA) is 32.3 Å². The fourth-order valence-corrected chi connectivity index (χ4v) is 3.07. The van der Waals surface area contributed by atoms with Crippen molar-refractivity contribution in [2.45, 2.75) is 19.1 Å². The summed E-state index contributed by atoms with van der Waals surface area (Å²) in [6, 6.07) is 11.3. The van der Waals surface area contributed by atoms with E-state index in [-0.39, 0.29) is 23.2 Å². The predicted molar refractivity (Wildman–Crippen MR) is 90.5 cm³/mol. The molecule has 0 atom stereocenters. The van der Waals surface area contributed by atoms with Crippen molar-refractivity contribution >= 4 is 23.2 Å². The Labute approximate surface area is 148 Å². The van der Waals surface area contributed by atoms with Gasteiger partial charge in [0, 0.05) is 23.8 Å². The first-order valence-electron chi connectivity index (χ1n) is 7.80. The number of hydrogen-bond donors (Lipinski definition) is 1. The maximum Gasteiger partial charge on any atom is 0.418 e. The van der Waals surface area contributed by atoms with Gasteiger partial charge in [-0.2, -0.15) is 13.2 Å². The molecule has 0 spiro atoms. The first-order valence-corrected chi connectivity index (χ1v) is 8.17. The molecule has 1 N–H and O–H groups in total. The van der Waals surface area contributed by atoms with Gasteiger partial charge < -0.3 is 10.2 Å². The standard InChI is InChI=1S/C18H16ClF3N2O/c19-14-5-6-16(15(9-14)18(20,21)22)23-10-17(25)24-8-7-12-3-1-2-4-13(12)11-24/h1-6,9,23H,7-8,10-11H2. The number of hydrogen-bond acceptors (Lipinski definition) is 2. The SMILES string of the molecule is O=C(CNc1ccc(Cl)cc1C(F)(F)F)N1CCc2ccccc2C1. The van der Waals surface area contributed by atoms with Gasteiger partial charge in [-0.3, -0.25) is 4.79 Å². The van der Waals surface area contributed by atoms with E-state index in [1.807, 2.05) is 24.3 Å². The Morgan fingerprint density at radius 2 is 1.88 bits per heavy atom. The summed E-state index contributed by atoms with van der Waals surface area (Å²) < 4.78 is 39.2. The molecule has 1 aliphatic heterocycles. The van der Waals surface area contributed by atoms with Gasteiger partial charge in [0.05, 0.1) is 12.1 Å². The minimum atomic E-state index is -4.54. The van der Waals surface area contributed by atoms with E-state index in [2.05, 4.69) is 5.32 Å². The highest BCUT2D eigenvalue weighted by Crippen LogP contribution is 2.36. The van der Waals surface area contributed by atoms with Crippen molar-refractivity contribution in [2.24, 2.45) is 0 Å². The number of halogens is 4. The van der Waals surface area contributed by atoms with Crippen molar-refractivity contribution in [1.82, 2.24) is 4.90 Å². The van der Waals surface area contributed by atoms with E-state index in [0.717, 1.165) is 18.1 Å². The maximum atomic E-state index is 13.1. The average Bonchev–Trinajstić information content (AvgIpc) is 2.59. The summed E-state index contributed by atoms with van der Waals surface area (Å²) in [5.41, 5.74) is 1.25. The zero-order valence-electron chi connectivity index (χ0n) is 13.2. The molecule has 132 valence electrons. The highest BCUT2D eigenvalue weighted by atomic mass is 35.5. The Balaban J connectivity index is 1.68. The lowest BCUT2D eigenvalue weighted by Crippen LogP contribution is -2.39. The molecule has 2 aromatic carbocycles. The van der Waals surface area contributed by atoms with Gasteiger partial charge in [-0.1, -0.05) is 35.9 Å². The van der Waals surface area contributed by atoms with Gasteiger partial charge in [0.1, 0.15) is 0 Å². The van der Waals surface area contributed by atoms with E-state index in [1.54, 1.807) is 4.90 Å². The molecule has 0 aromatic heterocycles. The van der Waals surface area contributed by atoms with Crippen LogP contribution in [0.3, 0.4) is 0 Å². The molecule has 0 bridgehead atoms. The van der Waals surface area contributed by atoms with Crippen LogP contribution in [0.15, 0.2) is 42.5 Å². The van der Waals surface area contributed by atoms with Gasteiger partial charge in [0.15, 0.2) is 0 Å². The van der Waals surface area contributed by atoms with Crippen molar-refractivity contribution in [1.29, 1.82) is 0 Å². The van der Waals surface area contributed by atoms with Crippen LogP contribution in [0.4, 0.5) is 18.9 Å². The van der Waals surface area contributed by atoms with Gasteiger partial charge in [0.25, 0.3) is 0 Å². The molecule has 0 saturated heterocycles. The Morgan fingerprint density at radius 3 is 2.60 bits per heavy atom. The lowest BCUT2D eigenvalue weighted by atomic mass is 10.00. The van der Waals surface area contributed by atoms with Gasteiger partial charge in [0.2, 0.25) is 5.91 Å². The first kappa shape index (κ1) is 17.6. The highest BCUT2D eigenvalue weighted by molar-refractivity contribution is 6.30. The number of carbonyl (C=O) groups excluding carboxylic acids is 1. The molecule has 1 aliphatic rings. The lowest BCUT2D eigenvalue weighted by molar-refractivity contribution is -0.137. The molecule has 1 amide bonds. The average molecular weight is 369 g/mol. The predicted octanol–water partition coefficient (Wildman–Crippen LogP) is 4.36. The van der Waals surface area contributed by atoms with Gasteiger partial charge in [-0.25, -0.2) is 0 Å². The van der Waals surface area contributed by atoms with Crippen LogP contribution in [0.5, 0.6) is 0 Å². The molecular weight excluding hydrogens is 353 g/mol. The Hall–Kier alpha value is -2.21. The van der Waals surface area contributed by atoms with Crippen LogP contribution in [0, 0.1) is 0 Å². The first-order chi connectivity index (χ1) is 11.8. The molecule has 0 unspecified atom stereocenters. The van der Waals surface area contributed by atoms with Crippen LogP contribution in [0.1, 0.15) is 16.7 Å². The van der Waals surface area contributed by atoms with Gasteiger partial charge in [-0.05, 0) is 35.7 Å². The van der Waals surface area contributed by atoms with E-state index in [1.165, 1.54) is 17.7 Å². The van der Waals surface area contributed by atoms with E-state index in [4.69, 9.17) is 11.6 Å². The quantitative estimate of drug-likeness (QED) is 0.873. The summed E-state index contributed by atoms with van der Waals surface area (Å²) in [5.74, 6) is -0.238. The van der Waals surface area contributed by atoms with E-state index in [9.17, 15) is 18.0 Å². The number of carbonyl (C=O) groups is 1. The number of anilines is 1. The number of fused-ring (bicyclic) bond motifs is 1. The Bertz CT molecular complexity index is 792. The summed E-state index contributed by atoms with van der Waals surface area (Å²) in [4.78, 5) is 14.0. The second kappa shape index (κ2) is 6.96. The van der Waals surface area contributed by atoms with Crippen LogP contribution >= 0.6 is 11.6 Å². The van der Waals surface area contributed by atoms with Gasteiger partial charge >= 0.3 is 6.18 Å². The molecule has 2 aromatic rings. The molecule has 3 nitrogen and oxygen atoms in total. The highest BCUT2D eigenvalue weighted by Gasteiger charge is 2.34. The Kier molecular flexibility index (Phi) is 4.90. The molecule has 0 radical (unpaired) electrons. The van der Waals surface area contributed by atoms with E-state index < -0.39 is 11.7 Å². The molecule has 0 aliphatic carbocycles. The largest absolute Gasteiger partial charge is 0.418 e. The number of benzene rings is 2. The van der Waals surface area contributed by atoms with Crippen molar-refractivity contribution in [3.05, 3.63) is 64.2 Å². The molecule has 3 rings (SSSR count). The van der Waals surface area contributed by atoms with Gasteiger partial charge in [-0.15, -0.1) is 0 Å². The summed E-state index contributed by atoms with van der Waals surface area (Å²) >= 11 is 5.65. The minimum absolute atomic E-state index is 0.00293. The van der Waals surface area contributed by atoms with Crippen LogP contribution in [-0.4, -0.2) is 23.9 Å². The number of amides is 1. The van der Waals surface area contributed by atoms with Crippen molar-refractivity contribution in [3.63, 3.8) is 0 Å². The molecular formula is C18H16ClF3N2O. The fraction of sp³-hybridized carbons (Fsp3) is 0.278. The van der Waals surface area contributed by atoms with E-state index >= 15 is 0 Å². The second-order valence-corrected chi connectivity index (χ2v) is 6.31. The number of nitrogens with zero attached hydrogens (tertiary/aromatic N) is 1. The molecule has 0 saturated carbocycles. The number of alkyl halides is 3. The third kappa shape index (κ3) is 4.07. The third-order valence-electron chi connectivity index (χ3n) is 4.20. The minimum Gasteiger partial charge on any atom is -0.376 e. The zero-order valence-corrected chi connectivity index (χ0v) is 14.0. The molecule has 0 fully saturated rings.